The van der Waals surface area contributed by atoms with Gasteiger partial charge in [0.15, 0.2) is 17.3 Å². The van der Waals surface area contributed by atoms with Gasteiger partial charge in [-0.25, -0.2) is 0 Å². The first-order valence-electron chi connectivity index (χ1n) is 8.63. The average Bonchev–Trinajstić information content (AvgIpc) is 2.67. The fraction of sp³-hybridized carbons (Fsp3) is 0.300. The van der Waals surface area contributed by atoms with E-state index in [1.54, 1.807) is 30.0 Å². The monoisotopic (exact) mass is 369 g/mol. The molecule has 4 rings (SSSR count). The van der Waals surface area contributed by atoms with E-state index in [-0.39, 0.29) is 17.7 Å². The summed E-state index contributed by atoms with van der Waals surface area (Å²) in [7, 11) is 0. The van der Waals surface area contributed by atoms with Crippen LogP contribution in [-0.2, 0) is 0 Å². The SMILES string of the molecule is CC(NC(=O)c1cccc2c1SCCC2=O)c1ccc2c(c1)OCCO2. The van der Waals surface area contributed by atoms with Crippen molar-refractivity contribution in [2.24, 2.45) is 0 Å². The number of benzene rings is 2. The highest BCUT2D eigenvalue weighted by Gasteiger charge is 2.24. The van der Waals surface area contributed by atoms with Gasteiger partial charge in [-0.3, -0.25) is 9.59 Å². The van der Waals surface area contributed by atoms with Crippen LogP contribution in [0.4, 0.5) is 0 Å². The average molecular weight is 369 g/mol. The molecule has 134 valence electrons. The number of ketones is 1. The van der Waals surface area contributed by atoms with E-state index in [9.17, 15) is 9.59 Å². The number of thioether (sulfide) groups is 1. The lowest BCUT2D eigenvalue weighted by Crippen LogP contribution is -2.28. The number of carbonyl (C=O) groups is 2. The Morgan fingerprint density at radius 1 is 1.15 bits per heavy atom. The van der Waals surface area contributed by atoms with E-state index in [1.807, 2.05) is 25.1 Å². The molecule has 0 bridgehead atoms. The first kappa shape index (κ1) is 17.0. The van der Waals surface area contributed by atoms with Crippen LogP contribution in [0.2, 0.25) is 0 Å². The molecule has 0 spiro atoms. The molecule has 0 saturated carbocycles. The maximum Gasteiger partial charge on any atom is 0.252 e. The number of amides is 1. The molecule has 1 amide bonds. The second kappa shape index (κ2) is 7.03. The van der Waals surface area contributed by atoms with Crippen molar-refractivity contribution in [1.29, 1.82) is 0 Å². The Labute approximate surface area is 156 Å². The molecule has 0 aliphatic carbocycles. The molecule has 1 unspecified atom stereocenters. The smallest absolute Gasteiger partial charge is 0.252 e. The molecule has 0 radical (unpaired) electrons. The molecule has 26 heavy (non-hydrogen) atoms. The van der Waals surface area contributed by atoms with Crippen LogP contribution in [0, 0.1) is 0 Å². The Hall–Kier alpha value is -2.47. The van der Waals surface area contributed by atoms with Gasteiger partial charge in [0.1, 0.15) is 13.2 Å². The normalized spacial score (nSPS) is 16.6. The van der Waals surface area contributed by atoms with Crippen molar-refractivity contribution in [3.05, 3.63) is 53.1 Å². The predicted octanol–water partition coefficient (Wildman–Crippen LogP) is 3.63. The van der Waals surface area contributed by atoms with Crippen LogP contribution in [-0.4, -0.2) is 30.7 Å². The number of Topliss-reactive ketones (excluding diaryl/α,β-unsaturated/α-hetero) is 1. The summed E-state index contributed by atoms with van der Waals surface area (Å²) in [6.07, 6.45) is 0.524. The third kappa shape index (κ3) is 3.17. The minimum absolute atomic E-state index is 0.105. The Kier molecular flexibility index (Phi) is 4.59. The number of ether oxygens (including phenoxy) is 2. The number of rotatable bonds is 3. The number of carbonyl (C=O) groups excluding carboxylic acids is 2. The van der Waals surface area contributed by atoms with Gasteiger partial charge in [-0.1, -0.05) is 18.2 Å². The van der Waals surface area contributed by atoms with Crippen LogP contribution in [0.5, 0.6) is 11.5 Å². The Balaban J connectivity index is 1.55. The molecule has 0 aromatic heterocycles. The van der Waals surface area contributed by atoms with Gasteiger partial charge < -0.3 is 14.8 Å². The predicted molar refractivity (Wildman–Crippen MR) is 99.4 cm³/mol. The molecule has 2 aromatic carbocycles. The Morgan fingerprint density at radius 2 is 1.96 bits per heavy atom. The molecule has 5 nitrogen and oxygen atoms in total. The maximum atomic E-state index is 12.8. The van der Waals surface area contributed by atoms with Gasteiger partial charge in [0.05, 0.1) is 11.6 Å². The second-order valence-corrected chi connectivity index (χ2v) is 7.41. The maximum absolute atomic E-state index is 12.8. The van der Waals surface area contributed by atoms with Crippen LogP contribution in [0.1, 0.15) is 45.7 Å². The molecular formula is C20H19NO4S. The summed E-state index contributed by atoms with van der Waals surface area (Å²) in [5.41, 5.74) is 2.15. The molecule has 2 heterocycles. The fourth-order valence-corrected chi connectivity index (χ4v) is 4.30. The van der Waals surface area contributed by atoms with E-state index in [0.717, 1.165) is 16.2 Å². The number of hydrogen-bond acceptors (Lipinski definition) is 5. The third-order valence-corrected chi connectivity index (χ3v) is 5.69. The minimum atomic E-state index is -0.196. The summed E-state index contributed by atoms with van der Waals surface area (Å²) >= 11 is 1.57. The van der Waals surface area contributed by atoms with E-state index < -0.39 is 0 Å². The van der Waals surface area contributed by atoms with Crippen LogP contribution in [0.15, 0.2) is 41.3 Å². The summed E-state index contributed by atoms with van der Waals surface area (Å²) in [5, 5.41) is 3.02. The van der Waals surface area contributed by atoms with Gasteiger partial charge in [-0.2, -0.15) is 0 Å². The fourth-order valence-electron chi connectivity index (χ4n) is 3.16. The number of nitrogens with one attached hydrogen (secondary N) is 1. The molecule has 0 saturated heterocycles. The van der Waals surface area contributed by atoms with Gasteiger partial charge >= 0.3 is 0 Å². The Morgan fingerprint density at radius 3 is 2.81 bits per heavy atom. The van der Waals surface area contributed by atoms with E-state index in [2.05, 4.69) is 5.32 Å². The lowest BCUT2D eigenvalue weighted by molar-refractivity contribution is 0.0936. The molecule has 0 fully saturated rings. The van der Waals surface area contributed by atoms with Gasteiger partial charge in [0.2, 0.25) is 0 Å². The van der Waals surface area contributed by atoms with Gasteiger partial charge in [0, 0.05) is 22.6 Å². The van der Waals surface area contributed by atoms with Crippen molar-refractivity contribution in [1.82, 2.24) is 5.32 Å². The van der Waals surface area contributed by atoms with Crippen LogP contribution < -0.4 is 14.8 Å². The summed E-state index contributed by atoms with van der Waals surface area (Å²) in [6.45, 7) is 3.00. The first-order chi connectivity index (χ1) is 12.6. The molecule has 2 aliphatic heterocycles. The van der Waals surface area contributed by atoms with E-state index in [4.69, 9.17) is 9.47 Å². The van der Waals surface area contributed by atoms with Crippen molar-refractivity contribution in [2.75, 3.05) is 19.0 Å². The lowest BCUT2D eigenvalue weighted by Gasteiger charge is -2.22. The zero-order valence-corrected chi connectivity index (χ0v) is 15.2. The van der Waals surface area contributed by atoms with Crippen LogP contribution in [0.25, 0.3) is 0 Å². The van der Waals surface area contributed by atoms with Crippen molar-refractivity contribution < 1.29 is 19.1 Å². The topological polar surface area (TPSA) is 64.6 Å². The minimum Gasteiger partial charge on any atom is -0.486 e. The third-order valence-electron chi connectivity index (χ3n) is 4.55. The van der Waals surface area contributed by atoms with Gasteiger partial charge in [-0.05, 0) is 30.7 Å². The standard InChI is InChI=1S/C20H19NO4S/c1-12(13-5-6-17-18(11-13)25-9-8-24-17)21-20(23)15-4-2-3-14-16(22)7-10-26-19(14)15/h2-6,11-12H,7-10H2,1H3,(H,21,23). The molecular weight excluding hydrogens is 350 g/mol. The zero-order valence-electron chi connectivity index (χ0n) is 14.4. The Bertz CT molecular complexity index is 880. The molecule has 2 aliphatic rings. The largest absolute Gasteiger partial charge is 0.486 e. The molecule has 1 N–H and O–H groups in total. The lowest BCUT2D eigenvalue weighted by atomic mass is 10.0. The summed E-state index contributed by atoms with van der Waals surface area (Å²) < 4.78 is 11.1. The van der Waals surface area contributed by atoms with E-state index >= 15 is 0 Å². The highest BCUT2D eigenvalue weighted by molar-refractivity contribution is 7.99. The molecule has 6 heteroatoms. The molecule has 2 aromatic rings. The van der Waals surface area contributed by atoms with Crippen LogP contribution >= 0.6 is 11.8 Å². The summed E-state index contributed by atoms with van der Waals surface area (Å²) in [5.74, 6) is 2.08. The highest BCUT2D eigenvalue weighted by Crippen LogP contribution is 2.34. The number of fused-ring (bicyclic) bond motifs is 2. The van der Waals surface area contributed by atoms with Crippen molar-refractivity contribution in [3.63, 3.8) is 0 Å². The zero-order chi connectivity index (χ0) is 18.1. The van der Waals surface area contributed by atoms with E-state index in [1.165, 1.54) is 0 Å². The van der Waals surface area contributed by atoms with Gasteiger partial charge in [0.25, 0.3) is 5.91 Å². The van der Waals surface area contributed by atoms with E-state index in [0.29, 0.717) is 42.3 Å². The first-order valence-corrected chi connectivity index (χ1v) is 9.61. The van der Waals surface area contributed by atoms with Crippen molar-refractivity contribution >= 4 is 23.5 Å². The molecule has 1 atom stereocenters. The summed E-state index contributed by atoms with van der Waals surface area (Å²) in [6, 6.07) is 10.8. The summed E-state index contributed by atoms with van der Waals surface area (Å²) in [4.78, 5) is 25.7. The van der Waals surface area contributed by atoms with Crippen molar-refractivity contribution in [3.8, 4) is 11.5 Å². The van der Waals surface area contributed by atoms with Gasteiger partial charge in [-0.15, -0.1) is 11.8 Å². The highest BCUT2D eigenvalue weighted by atomic mass is 32.2. The quantitative estimate of drug-likeness (QED) is 0.895. The second-order valence-electron chi connectivity index (χ2n) is 6.30. The van der Waals surface area contributed by atoms with Crippen LogP contribution in [0.3, 0.4) is 0 Å². The van der Waals surface area contributed by atoms with Crippen molar-refractivity contribution in [2.45, 2.75) is 24.3 Å². The number of hydrogen-bond donors (Lipinski definition) is 1.